The molecule has 1 saturated carbocycles. The van der Waals surface area contributed by atoms with Crippen molar-refractivity contribution in [3.63, 3.8) is 0 Å². The quantitative estimate of drug-likeness (QED) is 0.639. The Kier molecular flexibility index (Phi) is 4.60. The summed E-state index contributed by atoms with van der Waals surface area (Å²) in [6.45, 7) is 6.55. The van der Waals surface area contributed by atoms with Crippen molar-refractivity contribution in [1.29, 1.82) is 0 Å². The van der Waals surface area contributed by atoms with Gasteiger partial charge in [0, 0.05) is 44.5 Å². The van der Waals surface area contributed by atoms with Gasteiger partial charge in [-0.05, 0) is 51.0 Å². The fraction of sp³-hybridized carbons (Fsp3) is 0.435. The first kappa shape index (κ1) is 19.8. The molecule has 5 rings (SSSR count). The van der Waals surface area contributed by atoms with E-state index in [4.69, 9.17) is 4.42 Å². The van der Waals surface area contributed by atoms with Crippen molar-refractivity contribution in [2.45, 2.75) is 32.2 Å². The molecule has 162 valence electrons. The summed E-state index contributed by atoms with van der Waals surface area (Å²) >= 11 is 0. The largest absolute Gasteiger partial charge is 0.442 e. The second-order valence-electron chi connectivity index (χ2n) is 8.72. The van der Waals surface area contributed by atoms with E-state index in [-0.39, 0.29) is 17.3 Å². The van der Waals surface area contributed by atoms with Gasteiger partial charge in [-0.1, -0.05) is 0 Å². The highest BCUT2D eigenvalue weighted by Crippen LogP contribution is 2.44. The van der Waals surface area contributed by atoms with E-state index in [0.29, 0.717) is 48.6 Å². The Labute approximate surface area is 180 Å². The van der Waals surface area contributed by atoms with E-state index < -0.39 is 0 Å². The zero-order chi connectivity index (χ0) is 21.8. The number of halogens is 1. The van der Waals surface area contributed by atoms with Gasteiger partial charge in [0.05, 0.1) is 10.9 Å². The second kappa shape index (κ2) is 7.21. The first-order chi connectivity index (χ1) is 14.9. The van der Waals surface area contributed by atoms with E-state index in [2.05, 4.69) is 26.7 Å². The van der Waals surface area contributed by atoms with Crippen molar-refractivity contribution >= 4 is 28.5 Å². The zero-order valence-electron chi connectivity index (χ0n) is 18.1. The number of amides is 1. The molecule has 1 aliphatic heterocycles. The topological polar surface area (TPSA) is 65.7 Å². The lowest BCUT2D eigenvalue weighted by atomic mass is 10.1. The minimum Gasteiger partial charge on any atom is -0.442 e. The van der Waals surface area contributed by atoms with Crippen LogP contribution in [-0.2, 0) is 0 Å². The minimum atomic E-state index is -0.247. The third-order valence-corrected chi connectivity index (χ3v) is 6.72. The predicted octanol–water partition coefficient (Wildman–Crippen LogP) is 3.62. The van der Waals surface area contributed by atoms with E-state index in [1.165, 1.54) is 18.5 Å². The summed E-state index contributed by atoms with van der Waals surface area (Å²) in [5.74, 6) is 1.01. The van der Waals surface area contributed by atoms with E-state index >= 15 is 0 Å². The lowest BCUT2D eigenvalue weighted by molar-refractivity contribution is 0.0746. The molecule has 0 unspecified atom stereocenters. The number of piperazine rings is 1. The monoisotopic (exact) mass is 423 g/mol. The summed E-state index contributed by atoms with van der Waals surface area (Å²) in [4.78, 5) is 28.5. The Morgan fingerprint density at radius 2 is 1.81 bits per heavy atom. The number of fused-ring (bicyclic) bond motifs is 1. The number of aryl methyl sites for hydroxylation is 1. The maximum atomic E-state index is 13.5. The molecular weight excluding hydrogens is 397 g/mol. The number of carbonyl (C=O) groups is 1. The molecule has 8 heteroatoms. The average Bonchev–Trinajstić information content (AvgIpc) is 3.44. The Balaban J connectivity index is 1.41. The van der Waals surface area contributed by atoms with Gasteiger partial charge in [-0.25, -0.2) is 14.4 Å². The summed E-state index contributed by atoms with van der Waals surface area (Å²) in [5, 5.41) is 0.696. The van der Waals surface area contributed by atoms with Crippen molar-refractivity contribution < 1.29 is 13.6 Å². The molecule has 2 fully saturated rings. The van der Waals surface area contributed by atoms with Crippen molar-refractivity contribution in [1.82, 2.24) is 14.9 Å². The van der Waals surface area contributed by atoms with Gasteiger partial charge in [-0.2, -0.15) is 0 Å². The molecule has 31 heavy (non-hydrogen) atoms. The van der Waals surface area contributed by atoms with Crippen LogP contribution in [0.2, 0.25) is 0 Å². The molecule has 0 atom stereocenters. The second-order valence-corrected chi connectivity index (χ2v) is 8.72. The molecule has 1 amide bonds. The number of benzene rings is 1. The highest BCUT2D eigenvalue weighted by Gasteiger charge is 2.43. The van der Waals surface area contributed by atoms with Crippen molar-refractivity contribution in [3.05, 3.63) is 47.7 Å². The van der Waals surface area contributed by atoms with Crippen molar-refractivity contribution in [2.75, 3.05) is 43.0 Å². The molecule has 1 saturated heterocycles. The van der Waals surface area contributed by atoms with Gasteiger partial charge < -0.3 is 19.1 Å². The fourth-order valence-corrected chi connectivity index (χ4v) is 4.29. The number of anilines is 2. The van der Waals surface area contributed by atoms with Gasteiger partial charge in [-0.3, -0.25) is 4.79 Å². The smallest absolute Gasteiger partial charge is 0.258 e. The Morgan fingerprint density at radius 3 is 2.45 bits per heavy atom. The van der Waals surface area contributed by atoms with Crippen LogP contribution in [0.5, 0.6) is 0 Å². The van der Waals surface area contributed by atoms with Gasteiger partial charge in [0.2, 0.25) is 5.71 Å². The summed E-state index contributed by atoms with van der Waals surface area (Å²) in [7, 11) is 2.02. The lowest BCUT2D eigenvalue weighted by Crippen LogP contribution is -2.49. The first-order valence-electron chi connectivity index (χ1n) is 10.6. The molecule has 3 heterocycles. The minimum absolute atomic E-state index is 0.0552. The molecule has 3 aromatic rings. The first-order valence-corrected chi connectivity index (χ1v) is 10.6. The fourth-order valence-electron chi connectivity index (χ4n) is 4.29. The molecule has 0 bridgehead atoms. The molecule has 2 aromatic heterocycles. The Morgan fingerprint density at radius 1 is 1.13 bits per heavy atom. The number of aromatic nitrogens is 2. The van der Waals surface area contributed by atoms with Gasteiger partial charge in [0.25, 0.3) is 5.91 Å². The number of hydrogen-bond acceptors (Lipinski definition) is 6. The number of nitrogens with zero attached hydrogens (tertiary/aromatic N) is 5. The Hall–Kier alpha value is -3.16. The third-order valence-electron chi connectivity index (χ3n) is 6.72. The summed E-state index contributed by atoms with van der Waals surface area (Å²) < 4.78 is 19.1. The van der Waals surface area contributed by atoms with Crippen LogP contribution in [0.25, 0.3) is 11.1 Å². The molecule has 1 aromatic carbocycles. The molecule has 0 spiro atoms. The summed E-state index contributed by atoms with van der Waals surface area (Å²) in [5.41, 5.74) is 2.03. The van der Waals surface area contributed by atoms with Crippen LogP contribution >= 0.6 is 0 Å². The highest BCUT2D eigenvalue weighted by molar-refractivity contribution is 6.10. The van der Waals surface area contributed by atoms with E-state index in [9.17, 15) is 9.18 Å². The maximum absolute atomic E-state index is 13.5. The van der Waals surface area contributed by atoms with Crippen LogP contribution in [0.3, 0.4) is 0 Å². The average molecular weight is 423 g/mol. The van der Waals surface area contributed by atoms with Crippen LogP contribution < -0.4 is 9.80 Å². The van der Waals surface area contributed by atoms with Crippen LogP contribution in [0, 0.1) is 12.7 Å². The number of rotatable bonds is 4. The van der Waals surface area contributed by atoms with Crippen molar-refractivity contribution in [3.8, 4) is 0 Å². The van der Waals surface area contributed by atoms with Gasteiger partial charge in [0.15, 0.2) is 0 Å². The van der Waals surface area contributed by atoms with Crippen LogP contribution in [0.15, 0.2) is 35.0 Å². The van der Waals surface area contributed by atoms with Crippen LogP contribution in [0.1, 0.15) is 35.9 Å². The van der Waals surface area contributed by atoms with Crippen LogP contribution in [0.4, 0.5) is 15.9 Å². The Bertz CT molecular complexity index is 1130. The zero-order valence-corrected chi connectivity index (χ0v) is 18.1. The molecule has 7 nitrogen and oxygen atoms in total. The van der Waals surface area contributed by atoms with Crippen molar-refractivity contribution in [2.24, 2.45) is 0 Å². The van der Waals surface area contributed by atoms with E-state index in [1.807, 2.05) is 18.9 Å². The normalized spacial score (nSPS) is 17.8. The number of hydrogen-bond donors (Lipinski definition) is 0. The molecule has 2 aliphatic rings. The lowest BCUT2D eigenvalue weighted by Gasteiger charge is -2.36. The van der Waals surface area contributed by atoms with Gasteiger partial charge in [0.1, 0.15) is 23.7 Å². The summed E-state index contributed by atoms with van der Waals surface area (Å²) in [6, 6.07) is 6.48. The van der Waals surface area contributed by atoms with Gasteiger partial charge >= 0.3 is 0 Å². The summed E-state index contributed by atoms with van der Waals surface area (Å²) in [6.07, 6.45) is 3.69. The standard InChI is InChI=1S/C23H26FN5O2/c1-15-18(19-20(25-14-26-21(19)31-15)27(3)23(2)8-9-23)22(30)29-12-10-28(11-13-29)17-6-4-16(24)5-7-17/h4-7,14H,8-13H2,1-3H3. The van der Waals surface area contributed by atoms with Crippen LogP contribution in [-0.4, -0.2) is 59.5 Å². The number of furan rings is 1. The van der Waals surface area contributed by atoms with E-state index in [1.54, 1.807) is 12.1 Å². The third kappa shape index (κ3) is 3.40. The SMILES string of the molecule is Cc1oc2ncnc(N(C)C3(C)CC3)c2c1C(=O)N1CCN(c2ccc(F)cc2)CC1. The van der Waals surface area contributed by atoms with Gasteiger partial charge in [-0.15, -0.1) is 0 Å². The highest BCUT2D eigenvalue weighted by atomic mass is 19.1. The molecule has 1 aliphatic carbocycles. The molecule has 0 radical (unpaired) electrons. The maximum Gasteiger partial charge on any atom is 0.258 e. The number of carbonyl (C=O) groups excluding carboxylic acids is 1. The molecular formula is C23H26FN5O2. The predicted molar refractivity (Wildman–Crippen MR) is 117 cm³/mol. The molecule has 0 N–H and O–H groups in total. The van der Waals surface area contributed by atoms with E-state index in [0.717, 1.165) is 24.3 Å².